The summed E-state index contributed by atoms with van der Waals surface area (Å²) >= 11 is 3.22. The van der Waals surface area contributed by atoms with E-state index in [2.05, 4.69) is 28.1 Å². The third kappa shape index (κ3) is 4.01. The van der Waals surface area contributed by atoms with Gasteiger partial charge in [-0.2, -0.15) is 0 Å². The van der Waals surface area contributed by atoms with Gasteiger partial charge in [0.15, 0.2) is 0 Å². The minimum Gasteiger partial charge on any atom is -0.352 e. The Labute approximate surface area is 148 Å². The lowest BCUT2D eigenvalue weighted by Crippen LogP contribution is -2.32. The van der Waals surface area contributed by atoms with Gasteiger partial charge >= 0.3 is 0 Å². The van der Waals surface area contributed by atoms with Crippen LogP contribution in [0.3, 0.4) is 0 Å². The maximum absolute atomic E-state index is 12.3. The molecule has 0 bridgehead atoms. The Bertz CT molecular complexity index is 840. The van der Waals surface area contributed by atoms with Gasteiger partial charge in [0.2, 0.25) is 11.8 Å². The van der Waals surface area contributed by atoms with Crippen LogP contribution in [0.2, 0.25) is 0 Å². The molecule has 1 aromatic carbocycles. The van der Waals surface area contributed by atoms with Crippen molar-refractivity contribution in [2.75, 3.05) is 0 Å². The maximum atomic E-state index is 12.3. The number of hydrogen-bond acceptors (Lipinski definition) is 4. The molecule has 2 N–H and O–H groups in total. The van der Waals surface area contributed by atoms with Crippen molar-refractivity contribution in [2.24, 2.45) is 0 Å². The zero-order valence-corrected chi connectivity index (χ0v) is 14.9. The van der Waals surface area contributed by atoms with Crippen LogP contribution in [0.5, 0.6) is 0 Å². The largest absolute Gasteiger partial charge is 0.352 e. The molecule has 0 saturated carbocycles. The van der Waals surface area contributed by atoms with Gasteiger partial charge < -0.3 is 10.6 Å². The molecule has 3 aromatic rings. The first-order valence-electron chi connectivity index (χ1n) is 7.66. The van der Waals surface area contributed by atoms with Crippen molar-refractivity contribution in [1.82, 2.24) is 10.6 Å². The molecule has 4 nitrogen and oxygen atoms in total. The van der Waals surface area contributed by atoms with Crippen LogP contribution in [0.15, 0.2) is 47.2 Å². The Balaban J connectivity index is 1.62. The number of thiophene rings is 2. The Morgan fingerprint density at radius 3 is 2.71 bits per heavy atom. The summed E-state index contributed by atoms with van der Waals surface area (Å²) in [7, 11) is 0. The Hall–Kier alpha value is -2.18. The molecule has 0 radical (unpaired) electrons. The van der Waals surface area contributed by atoms with Crippen molar-refractivity contribution in [2.45, 2.75) is 25.9 Å². The van der Waals surface area contributed by atoms with Crippen molar-refractivity contribution in [3.63, 3.8) is 0 Å². The highest BCUT2D eigenvalue weighted by Crippen LogP contribution is 2.26. The molecule has 2 amide bonds. The van der Waals surface area contributed by atoms with Crippen LogP contribution in [0.25, 0.3) is 10.1 Å². The maximum Gasteiger partial charge on any atom is 0.222 e. The molecule has 124 valence electrons. The fraction of sp³-hybridized carbons (Fsp3) is 0.222. The van der Waals surface area contributed by atoms with E-state index in [1.807, 2.05) is 29.6 Å². The normalized spacial score (nSPS) is 12.0. The smallest absolute Gasteiger partial charge is 0.222 e. The van der Waals surface area contributed by atoms with E-state index in [0.717, 1.165) is 10.4 Å². The SMILES string of the molecule is CC(=O)N[C@H](CC(=O)NCc1csc2ccccc12)c1cccs1. The van der Waals surface area contributed by atoms with Crippen LogP contribution in [0.4, 0.5) is 0 Å². The second-order valence-corrected chi connectivity index (χ2v) is 7.40. The molecule has 0 aliphatic rings. The Morgan fingerprint density at radius 1 is 1.12 bits per heavy atom. The molecule has 0 fully saturated rings. The first-order valence-corrected chi connectivity index (χ1v) is 9.41. The van der Waals surface area contributed by atoms with Crippen molar-refractivity contribution in [3.8, 4) is 0 Å². The summed E-state index contributed by atoms with van der Waals surface area (Å²) in [5, 5.41) is 11.0. The summed E-state index contributed by atoms with van der Waals surface area (Å²) in [6.45, 7) is 1.97. The second-order valence-electron chi connectivity index (χ2n) is 5.51. The molecule has 6 heteroatoms. The molecule has 1 atom stereocenters. The van der Waals surface area contributed by atoms with E-state index in [4.69, 9.17) is 0 Å². The highest BCUT2D eigenvalue weighted by atomic mass is 32.1. The van der Waals surface area contributed by atoms with Gasteiger partial charge in [0.25, 0.3) is 0 Å². The van der Waals surface area contributed by atoms with Gasteiger partial charge in [0.1, 0.15) is 0 Å². The molecular weight excluding hydrogens is 340 g/mol. The monoisotopic (exact) mass is 358 g/mol. The lowest BCUT2D eigenvalue weighted by atomic mass is 10.1. The molecule has 2 aromatic heterocycles. The number of hydrogen-bond donors (Lipinski definition) is 2. The van der Waals surface area contributed by atoms with Gasteiger partial charge in [-0.1, -0.05) is 24.3 Å². The van der Waals surface area contributed by atoms with Crippen LogP contribution in [0, 0.1) is 0 Å². The molecule has 0 unspecified atom stereocenters. The minimum atomic E-state index is -0.276. The molecule has 0 spiro atoms. The van der Waals surface area contributed by atoms with Crippen LogP contribution >= 0.6 is 22.7 Å². The fourth-order valence-corrected chi connectivity index (χ4v) is 4.32. The lowest BCUT2D eigenvalue weighted by molar-refractivity contribution is -0.122. The van der Waals surface area contributed by atoms with E-state index in [1.54, 1.807) is 11.3 Å². The predicted molar refractivity (Wildman–Crippen MR) is 99.2 cm³/mol. The number of carbonyl (C=O) groups is 2. The average Bonchev–Trinajstić information content (AvgIpc) is 3.22. The summed E-state index contributed by atoms with van der Waals surface area (Å²) in [6, 6.07) is 11.7. The zero-order chi connectivity index (χ0) is 16.9. The van der Waals surface area contributed by atoms with Crippen molar-refractivity contribution in [1.29, 1.82) is 0 Å². The number of carbonyl (C=O) groups excluding carboxylic acids is 2. The summed E-state index contributed by atoms with van der Waals surface area (Å²) in [5.74, 6) is -0.206. The minimum absolute atomic E-state index is 0.0718. The second kappa shape index (κ2) is 7.59. The molecule has 2 heterocycles. The summed E-state index contributed by atoms with van der Waals surface area (Å²) in [4.78, 5) is 24.7. The average molecular weight is 358 g/mol. The van der Waals surface area contributed by atoms with E-state index in [9.17, 15) is 9.59 Å². The number of nitrogens with one attached hydrogen (secondary N) is 2. The molecule has 24 heavy (non-hydrogen) atoms. The zero-order valence-electron chi connectivity index (χ0n) is 13.2. The molecule has 0 aliphatic carbocycles. The van der Waals surface area contributed by atoms with Crippen molar-refractivity contribution >= 4 is 44.6 Å². The number of rotatable bonds is 6. The van der Waals surface area contributed by atoms with Gasteiger partial charge in [-0.25, -0.2) is 0 Å². The molecule has 3 rings (SSSR count). The third-order valence-electron chi connectivity index (χ3n) is 3.69. The molecule has 0 aliphatic heterocycles. The standard InChI is InChI=1S/C18H18N2O2S2/c1-12(21)20-15(17-7-4-8-23-17)9-18(22)19-10-13-11-24-16-6-3-2-5-14(13)16/h2-8,11,15H,9-10H2,1H3,(H,19,22)(H,20,21)/t15-/m1/s1. The van der Waals surface area contributed by atoms with Crippen LogP contribution < -0.4 is 10.6 Å². The summed E-state index contributed by atoms with van der Waals surface area (Å²) < 4.78 is 1.22. The van der Waals surface area contributed by atoms with Crippen LogP contribution in [-0.4, -0.2) is 11.8 Å². The van der Waals surface area contributed by atoms with E-state index in [0.29, 0.717) is 6.54 Å². The molecular formula is C18H18N2O2S2. The van der Waals surface area contributed by atoms with E-state index in [-0.39, 0.29) is 24.3 Å². The lowest BCUT2D eigenvalue weighted by Gasteiger charge is -2.16. The topological polar surface area (TPSA) is 58.2 Å². The van der Waals surface area contributed by atoms with Gasteiger partial charge in [0.05, 0.1) is 12.5 Å². The van der Waals surface area contributed by atoms with E-state index in [1.165, 1.54) is 28.3 Å². The first-order chi connectivity index (χ1) is 11.6. The third-order valence-corrected chi connectivity index (χ3v) is 5.69. The van der Waals surface area contributed by atoms with Gasteiger partial charge in [-0.05, 0) is 33.8 Å². The molecule has 0 saturated heterocycles. The predicted octanol–water partition coefficient (Wildman–Crippen LogP) is 3.85. The van der Waals surface area contributed by atoms with Crippen molar-refractivity contribution < 1.29 is 9.59 Å². The van der Waals surface area contributed by atoms with Crippen LogP contribution in [-0.2, 0) is 16.1 Å². The summed E-state index contributed by atoms with van der Waals surface area (Å²) in [5.41, 5.74) is 1.12. The highest BCUT2D eigenvalue weighted by Gasteiger charge is 2.18. The Morgan fingerprint density at radius 2 is 1.96 bits per heavy atom. The first kappa shape index (κ1) is 16.7. The van der Waals surface area contributed by atoms with Gasteiger partial charge in [-0.3, -0.25) is 9.59 Å². The quantitative estimate of drug-likeness (QED) is 0.703. The van der Waals surface area contributed by atoms with E-state index < -0.39 is 0 Å². The van der Waals surface area contributed by atoms with Crippen LogP contribution in [0.1, 0.15) is 29.8 Å². The number of amides is 2. The number of benzene rings is 1. The number of fused-ring (bicyclic) bond motifs is 1. The van der Waals surface area contributed by atoms with Gasteiger partial charge in [0, 0.05) is 23.0 Å². The fourth-order valence-electron chi connectivity index (χ4n) is 2.58. The Kier molecular flexibility index (Phi) is 5.27. The van der Waals surface area contributed by atoms with E-state index >= 15 is 0 Å². The van der Waals surface area contributed by atoms with Crippen molar-refractivity contribution in [3.05, 3.63) is 57.6 Å². The highest BCUT2D eigenvalue weighted by molar-refractivity contribution is 7.17. The van der Waals surface area contributed by atoms with Gasteiger partial charge in [-0.15, -0.1) is 22.7 Å². The summed E-state index contributed by atoms with van der Waals surface area (Å²) in [6.07, 6.45) is 0.238.